The molecule has 1 heterocycles. The first-order chi connectivity index (χ1) is 8.86. The zero-order valence-corrected chi connectivity index (χ0v) is 12.8. The van der Waals surface area contributed by atoms with Gasteiger partial charge in [0.15, 0.2) is 0 Å². The highest BCUT2D eigenvalue weighted by Gasteiger charge is 2.19. The van der Waals surface area contributed by atoms with E-state index in [1.807, 2.05) is 0 Å². The van der Waals surface area contributed by atoms with Gasteiger partial charge in [-0.25, -0.2) is 4.98 Å². The van der Waals surface area contributed by atoms with Crippen LogP contribution in [0.15, 0.2) is 0 Å². The summed E-state index contributed by atoms with van der Waals surface area (Å²) < 4.78 is 4.67. The molecule has 0 atom stereocenters. The zero-order chi connectivity index (χ0) is 14.6. The number of halogens is 4. The molecule has 0 aliphatic carbocycles. The molecule has 4 nitrogen and oxygen atoms in total. The van der Waals surface area contributed by atoms with Crippen molar-refractivity contribution in [3.8, 4) is 0 Å². The summed E-state index contributed by atoms with van der Waals surface area (Å²) in [4.78, 5) is 26.6. The summed E-state index contributed by atoms with van der Waals surface area (Å²) in [6.45, 7) is 1.86. The molecule has 1 aromatic heterocycles. The first kappa shape index (κ1) is 16.5. The number of ketones is 1. The molecule has 0 spiro atoms. The van der Waals surface area contributed by atoms with Gasteiger partial charge in [-0.3, -0.25) is 9.59 Å². The van der Waals surface area contributed by atoms with Crippen LogP contribution in [-0.2, 0) is 20.7 Å². The van der Waals surface area contributed by atoms with E-state index in [0.717, 1.165) is 0 Å². The normalized spacial score (nSPS) is 10.4. The molecule has 0 unspecified atom stereocenters. The topological polar surface area (TPSA) is 56.3 Å². The summed E-state index contributed by atoms with van der Waals surface area (Å²) in [5.41, 5.74) is 0.252. The molecule has 0 saturated carbocycles. The number of carbonyl (C=O) groups is 2. The lowest BCUT2D eigenvalue weighted by atomic mass is 10.1. The summed E-state index contributed by atoms with van der Waals surface area (Å²) >= 11 is 23.3. The fraction of sp³-hybridized carbons (Fsp3) is 0.364. The minimum absolute atomic E-state index is 0.0463. The molecule has 0 aliphatic rings. The fourth-order valence-corrected chi connectivity index (χ4v) is 2.21. The zero-order valence-electron chi connectivity index (χ0n) is 9.81. The highest BCUT2D eigenvalue weighted by atomic mass is 35.5. The summed E-state index contributed by atoms with van der Waals surface area (Å²) in [5.74, 6) is -1.01. The Morgan fingerprint density at radius 2 is 1.63 bits per heavy atom. The van der Waals surface area contributed by atoms with Crippen LogP contribution in [-0.4, -0.2) is 23.3 Å². The second-order valence-electron chi connectivity index (χ2n) is 3.50. The molecule has 1 aromatic rings. The predicted octanol–water partition coefficient (Wildman–Crippen LogP) is 3.76. The Bertz CT molecular complexity index is 493. The van der Waals surface area contributed by atoms with Gasteiger partial charge in [-0.05, 0) is 6.92 Å². The minimum Gasteiger partial charge on any atom is -0.466 e. The molecule has 0 amide bonds. The smallest absolute Gasteiger partial charge is 0.313 e. The van der Waals surface area contributed by atoms with Crippen LogP contribution in [0.2, 0.25) is 20.4 Å². The summed E-state index contributed by atoms with van der Waals surface area (Å²) in [5, 5.41) is 0.00607. The highest BCUT2D eigenvalue weighted by molar-refractivity contribution is 6.46. The lowest BCUT2D eigenvalue weighted by Gasteiger charge is -2.08. The van der Waals surface area contributed by atoms with Gasteiger partial charge in [0.25, 0.3) is 0 Å². The Morgan fingerprint density at radius 1 is 1.11 bits per heavy atom. The van der Waals surface area contributed by atoms with Crippen molar-refractivity contribution in [2.75, 3.05) is 6.61 Å². The van der Waals surface area contributed by atoms with Gasteiger partial charge >= 0.3 is 5.97 Å². The Hall–Kier alpha value is -0.550. The van der Waals surface area contributed by atoms with Gasteiger partial charge in [0.2, 0.25) is 0 Å². The molecule has 104 valence electrons. The standard InChI is InChI=1S/C11H9Cl4NO3/c1-2-19-7(18)4-5(17)3-6-8(12)10(14)16-11(15)9(6)13/h2-4H2,1H3. The minimum atomic E-state index is -0.606. The van der Waals surface area contributed by atoms with E-state index in [0.29, 0.717) is 0 Å². The Kier molecular flexibility index (Phi) is 6.33. The van der Waals surface area contributed by atoms with E-state index in [9.17, 15) is 9.59 Å². The van der Waals surface area contributed by atoms with Crippen LogP contribution in [0.1, 0.15) is 18.9 Å². The monoisotopic (exact) mass is 343 g/mol. The molecule has 8 heteroatoms. The molecule has 0 aromatic carbocycles. The summed E-state index contributed by atoms with van der Waals surface area (Å²) in [7, 11) is 0. The average molecular weight is 345 g/mol. The van der Waals surface area contributed by atoms with E-state index in [2.05, 4.69) is 9.72 Å². The average Bonchev–Trinajstić information content (AvgIpc) is 2.32. The number of aromatic nitrogens is 1. The lowest BCUT2D eigenvalue weighted by molar-refractivity contribution is -0.145. The van der Waals surface area contributed by atoms with Crippen molar-refractivity contribution in [3.05, 3.63) is 25.9 Å². The second kappa shape index (κ2) is 7.29. The Balaban J connectivity index is 2.88. The molecule has 1 rings (SSSR count). The summed E-state index contributed by atoms with van der Waals surface area (Å²) in [6, 6.07) is 0. The molecule has 0 saturated heterocycles. The number of carbonyl (C=O) groups excluding carboxylic acids is 2. The van der Waals surface area contributed by atoms with Crippen molar-refractivity contribution in [1.29, 1.82) is 0 Å². The molecule has 19 heavy (non-hydrogen) atoms. The van der Waals surface area contributed by atoms with E-state index in [1.54, 1.807) is 6.92 Å². The molecule has 0 radical (unpaired) electrons. The van der Waals surface area contributed by atoms with Crippen LogP contribution >= 0.6 is 46.4 Å². The number of ether oxygens (including phenoxy) is 1. The van der Waals surface area contributed by atoms with E-state index < -0.39 is 11.8 Å². The van der Waals surface area contributed by atoms with Crippen LogP contribution in [0.5, 0.6) is 0 Å². The molecule has 0 aliphatic heterocycles. The van der Waals surface area contributed by atoms with Crippen molar-refractivity contribution in [2.24, 2.45) is 0 Å². The maximum atomic E-state index is 11.7. The van der Waals surface area contributed by atoms with E-state index >= 15 is 0 Å². The van der Waals surface area contributed by atoms with Crippen LogP contribution in [0.3, 0.4) is 0 Å². The SMILES string of the molecule is CCOC(=O)CC(=O)Cc1c(Cl)c(Cl)nc(Cl)c1Cl. The second-order valence-corrected chi connectivity index (χ2v) is 4.97. The number of Topliss-reactive ketones (excluding diaryl/α,β-unsaturated/α-hetero) is 1. The quantitative estimate of drug-likeness (QED) is 0.463. The maximum Gasteiger partial charge on any atom is 0.313 e. The third kappa shape index (κ3) is 4.49. The Labute approximate surface area is 129 Å². The van der Waals surface area contributed by atoms with Crippen LogP contribution in [0, 0.1) is 0 Å². The molecule has 0 bridgehead atoms. The van der Waals surface area contributed by atoms with Gasteiger partial charge in [0, 0.05) is 12.0 Å². The Morgan fingerprint density at radius 3 is 2.11 bits per heavy atom. The van der Waals surface area contributed by atoms with Gasteiger partial charge in [-0.1, -0.05) is 46.4 Å². The third-order valence-corrected chi connectivity index (χ3v) is 3.66. The number of hydrogen-bond donors (Lipinski definition) is 0. The summed E-state index contributed by atoms with van der Waals surface area (Å²) in [6.07, 6.45) is -0.531. The molecular weight excluding hydrogens is 336 g/mol. The van der Waals surface area contributed by atoms with Crippen LogP contribution < -0.4 is 0 Å². The predicted molar refractivity (Wildman–Crippen MR) is 74.2 cm³/mol. The number of esters is 1. The molecule has 0 fully saturated rings. The van der Waals surface area contributed by atoms with E-state index in [1.165, 1.54) is 0 Å². The van der Waals surface area contributed by atoms with Crippen molar-refractivity contribution < 1.29 is 14.3 Å². The van der Waals surface area contributed by atoms with Crippen molar-refractivity contribution in [2.45, 2.75) is 19.8 Å². The van der Waals surface area contributed by atoms with Gasteiger partial charge in [0.1, 0.15) is 22.5 Å². The number of nitrogens with zero attached hydrogens (tertiary/aromatic N) is 1. The highest BCUT2D eigenvalue weighted by Crippen LogP contribution is 2.34. The van der Waals surface area contributed by atoms with Gasteiger partial charge in [-0.15, -0.1) is 0 Å². The van der Waals surface area contributed by atoms with Gasteiger partial charge in [-0.2, -0.15) is 0 Å². The van der Waals surface area contributed by atoms with Crippen LogP contribution in [0.4, 0.5) is 0 Å². The van der Waals surface area contributed by atoms with Crippen molar-refractivity contribution >= 4 is 58.2 Å². The molecular formula is C11H9Cl4NO3. The fourth-order valence-electron chi connectivity index (χ4n) is 1.32. The van der Waals surface area contributed by atoms with E-state index in [-0.39, 0.29) is 45.4 Å². The van der Waals surface area contributed by atoms with Crippen molar-refractivity contribution in [1.82, 2.24) is 4.98 Å². The van der Waals surface area contributed by atoms with Gasteiger partial charge in [0.05, 0.1) is 16.7 Å². The lowest BCUT2D eigenvalue weighted by Crippen LogP contribution is -2.13. The number of rotatable bonds is 5. The number of pyridine rings is 1. The van der Waals surface area contributed by atoms with Gasteiger partial charge < -0.3 is 4.74 Å². The van der Waals surface area contributed by atoms with E-state index in [4.69, 9.17) is 46.4 Å². The first-order valence-electron chi connectivity index (χ1n) is 5.23. The largest absolute Gasteiger partial charge is 0.466 e. The van der Waals surface area contributed by atoms with Crippen molar-refractivity contribution in [3.63, 3.8) is 0 Å². The first-order valence-corrected chi connectivity index (χ1v) is 6.74. The third-order valence-electron chi connectivity index (χ3n) is 2.11. The maximum absolute atomic E-state index is 11.7. The van der Waals surface area contributed by atoms with Crippen LogP contribution in [0.25, 0.3) is 0 Å². The molecule has 0 N–H and O–H groups in total. The number of hydrogen-bond acceptors (Lipinski definition) is 4.